The highest BCUT2D eigenvalue weighted by Gasteiger charge is 2.43. The SMILES string of the molecule is O=CCCCOC(=O)C1CCN(C(=O)c2ccc(COc3cccc(CNC(=O)O[C@H]4CN5CCC4C(c4ccccc4)C5)c3)cc2)CC1. The number of piperidine rings is 4. The summed E-state index contributed by atoms with van der Waals surface area (Å²) in [4.78, 5) is 52.8. The zero-order valence-corrected chi connectivity index (χ0v) is 27.8. The lowest BCUT2D eigenvalue weighted by atomic mass is 9.74. The maximum absolute atomic E-state index is 13.1. The van der Waals surface area contributed by atoms with E-state index < -0.39 is 6.09 Å². The van der Waals surface area contributed by atoms with Gasteiger partial charge in [-0.25, -0.2) is 4.79 Å². The van der Waals surface area contributed by atoms with Crippen molar-refractivity contribution in [3.63, 3.8) is 0 Å². The van der Waals surface area contributed by atoms with Crippen LogP contribution in [0.2, 0.25) is 0 Å². The van der Waals surface area contributed by atoms with Gasteiger partial charge >= 0.3 is 12.1 Å². The molecule has 0 spiro atoms. The maximum Gasteiger partial charge on any atom is 0.407 e. The summed E-state index contributed by atoms with van der Waals surface area (Å²) in [5, 5.41) is 2.92. The molecule has 3 aromatic rings. The van der Waals surface area contributed by atoms with E-state index in [1.165, 1.54) is 5.56 Å². The standard InChI is InChI=1S/C39H45N3O7/c43-21-4-5-22-47-38(45)32-15-19-42(20-16-32)37(44)31-13-11-28(12-14-31)27-48-33-10-6-7-29(23-33)24-40-39(46)49-36-26-41-18-17-34(36)35(25-41)30-8-2-1-3-9-30/h1-3,6-14,21,23,32,34-36H,4-5,15-20,22,24-27H2,(H,40,46)/t34?,35?,36-/m0/s1. The Morgan fingerprint density at radius 2 is 1.65 bits per heavy atom. The molecule has 4 aliphatic heterocycles. The van der Waals surface area contributed by atoms with Crippen molar-refractivity contribution in [1.29, 1.82) is 0 Å². The number of nitrogens with one attached hydrogen (secondary N) is 1. The predicted molar refractivity (Wildman–Crippen MR) is 183 cm³/mol. The minimum absolute atomic E-state index is 0.0616. The van der Waals surface area contributed by atoms with E-state index in [0.717, 1.165) is 43.5 Å². The molecule has 4 atom stereocenters. The number of carbonyl (C=O) groups is 4. The second-order valence-electron chi connectivity index (χ2n) is 13.2. The summed E-state index contributed by atoms with van der Waals surface area (Å²) >= 11 is 0. The van der Waals surface area contributed by atoms with Gasteiger partial charge in [-0.3, -0.25) is 14.5 Å². The van der Waals surface area contributed by atoms with Crippen LogP contribution in [0.25, 0.3) is 0 Å². The van der Waals surface area contributed by atoms with E-state index in [1.807, 2.05) is 42.5 Å². The average molecular weight is 668 g/mol. The van der Waals surface area contributed by atoms with Crippen LogP contribution < -0.4 is 10.1 Å². The number of unbranched alkanes of at least 4 members (excludes halogenated alkanes) is 1. The highest BCUT2D eigenvalue weighted by molar-refractivity contribution is 5.94. The molecule has 1 N–H and O–H groups in total. The number of hydrogen-bond donors (Lipinski definition) is 1. The lowest BCUT2D eigenvalue weighted by molar-refractivity contribution is -0.150. The number of carbonyl (C=O) groups excluding carboxylic acids is 4. The van der Waals surface area contributed by atoms with Crippen molar-refractivity contribution in [2.45, 2.75) is 57.3 Å². The zero-order chi connectivity index (χ0) is 34.0. The molecule has 49 heavy (non-hydrogen) atoms. The van der Waals surface area contributed by atoms with Crippen LogP contribution in [0.3, 0.4) is 0 Å². The van der Waals surface area contributed by atoms with Gasteiger partial charge in [-0.05, 0) is 73.2 Å². The van der Waals surface area contributed by atoms with Gasteiger partial charge in [-0.15, -0.1) is 0 Å². The third-order valence-corrected chi connectivity index (χ3v) is 9.92. The molecule has 0 radical (unpaired) electrons. The van der Waals surface area contributed by atoms with E-state index in [-0.39, 0.29) is 30.5 Å². The fourth-order valence-corrected chi connectivity index (χ4v) is 7.18. The van der Waals surface area contributed by atoms with Gasteiger partial charge in [-0.1, -0.05) is 54.6 Å². The molecule has 3 unspecified atom stereocenters. The summed E-state index contributed by atoms with van der Waals surface area (Å²) in [5.74, 6) is 0.855. The molecular weight excluding hydrogens is 622 g/mol. The van der Waals surface area contributed by atoms with Gasteiger partial charge in [0.05, 0.1) is 12.5 Å². The summed E-state index contributed by atoms with van der Waals surface area (Å²) in [7, 11) is 0. The monoisotopic (exact) mass is 667 g/mol. The topological polar surface area (TPSA) is 114 Å². The van der Waals surface area contributed by atoms with E-state index in [9.17, 15) is 19.2 Å². The molecule has 258 valence electrons. The van der Waals surface area contributed by atoms with Crippen LogP contribution in [0, 0.1) is 11.8 Å². The van der Waals surface area contributed by atoms with Crippen LogP contribution in [-0.4, -0.2) is 79.5 Å². The molecule has 10 nitrogen and oxygen atoms in total. The largest absolute Gasteiger partial charge is 0.489 e. The number of benzene rings is 3. The Hall–Kier alpha value is -4.70. The highest BCUT2D eigenvalue weighted by Crippen LogP contribution is 2.40. The van der Waals surface area contributed by atoms with Crippen LogP contribution >= 0.6 is 0 Å². The molecule has 0 aliphatic carbocycles. The van der Waals surface area contributed by atoms with Gasteiger partial charge in [0.25, 0.3) is 5.91 Å². The van der Waals surface area contributed by atoms with Crippen LogP contribution in [0.15, 0.2) is 78.9 Å². The summed E-state index contributed by atoms with van der Waals surface area (Å²) in [6.45, 7) is 4.74. The quantitative estimate of drug-likeness (QED) is 0.147. The number of alkyl carbamates (subject to hydrolysis) is 1. The molecule has 0 saturated carbocycles. The van der Waals surface area contributed by atoms with Gasteiger partial charge in [0, 0.05) is 56.5 Å². The number of amides is 2. The number of fused-ring (bicyclic) bond motifs is 3. The second kappa shape index (κ2) is 16.6. The number of esters is 1. The summed E-state index contributed by atoms with van der Waals surface area (Å²) < 4.78 is 17.3. The number of nitrogens with zero attached hydrogens (tertiary/aromatic N) is 2. The first-order valence-electron chi connectivity index (χ1n) is 17.4. The lowest BCUT2D eigenvalue weighted by Crippen LogP contribution is -2.56. The van der Waals surface area contributed by atoms with Gasteiger partial charge < -0.3 is 29.2 Å². The minimum atomic E-state index is -0.402. The third-order valence-electron chi connectivity index (χ3n) is 9.92. The van der Waals surface area contributed by atoms with Crippen LogP contribution in [0.4, 0.5) is 4.79 Å². The van der Waals surface area contributed by atoms with E-state index in [1.54, 1.807) is 17.0 Å². The molecule has 4 aliphatic rings. The minimum Gasteiger partial charge on any atom is -0.489 e. The Morgan fingerprint density at radius 1 is 0.857 bits per heavy atom. The molecule has 4 fully saturated rings. The third kappa shape index (κ3) is 9.06. The highest BCUT2D eigenvalue weighted by atomic mass is 16.6. The fourth-order valence-electron chi connectivity index (χ4n) is 7.18. The predicted octanol–water partition coefficient (Wildman–Crippen LogP) is 5.35. The number of likely N-dealkylation sites (tertiary alicyclic amines) is 1. The van der Waals surface area contributed by atoms with Crippen LogP contribution in [-0.2, 0) is 32.2 Å². The van der Waals surface area contributed by atoms with Crippen molar-refractivity contribution in [1.82, 2.24) is 15.1 Å². The zero-order valence-electron chi connectivity index (χ0n) is 27.8. The maximum atomic E-state index is 13.1. The number of ether oxygens (including phenoxy) is 3. The van der Waals surface area contributed by atoms with Gasteiger partial charge in [0.1, 0.15) is 24.7 Å². The molecule has 3 aromatic carbocycles. The number of aldehydes is 1. The first-order chi connectivity index (χ1) is 24.0. The van der Waals surface area contributed by atoms with Gasteiger partial charge in [0.15, 0.2) is 0 Å². The fraction of sp³-hybridized carbons (Fsp3) is 0.436. The van der Waals surface area contributed by atoms with Crippen LogP contribution in [0.1, 0.15) is 65.1 Å². The lowest BCUT2D eigenvalue weighted by Gasteiger charge is -2.49. The Bertz CT molecular complexity index is 1570. The average Bonchev–Trinajstić information content (AvgIpc) is 3.15. The number of hydrogen-bond acceptors (Lipinski definition) is 8. The van der Waals surface area contributed by atoms with Crippen molar-refractivity contribution < 1.29 is 33.4 Å². The molecule has 10 heteroatoms. The normalized spacial score (nSPS) is 21.8. The van der Waals surface area contributed by atoms with Crippen molar-refractivity contribution in [3.05, 3.63) is 101 Å². The Morgan fingerprint density at radius 3 is 2.41 bits per heavy atom. The summed E-state index contributed by atoms with van der Waals surface area (Å²) in [6.07, 6.45) is 3.36. The summed E-state index contributed by atoms with van der Waals surface area (Å²) in [5.41, 5.74) is 3.73. The van der Waals surface area contributed by atoms with E-state index in [0.29, 0.717) is 75.1 Å². The molecule has 4 saturated heterocycles. The van der Waals surface area contributed by atoms with Crippen LogP contribution in [0.5, 0.6) is 5.75 Å². The molecular formula is C39H45N3O7. The van der Waals surface area contributed by atoms with Crippen molar-refractivity contribution in [3.8, 4) is 5.75 Å². The molecule has 0 aromatic heterocycles. The van der Waals surface area contributed by atoms with E-state index in [4.69, 9.17) is 14.2 Å². The smallest absolute Gasteiger partial charge is 0.407 e. The van der Waals surface area contributed by atoms with E-state index >= 15 is 0 Å². The number of rotatable bonds is 13. The molecule has 7 rings (SSSR count). The molecule has 2 amide bonds. The first-order valence-corrected chi connectivity index (χ1v) is 17.4. The molecule has 4 heterocycles. The van der Waals surface area contributed by atoms with Gasteiger partial charge in [-0.2, -0.15) is 0 Å². The Kier molecular flexibility index (Phi) is 11.6. The molecule has 2 bridgehead atoms. The first kappa shape index (κ1) is 34.2. The Labute approximate surface area is 287 Å². The van der Waals surface area contributed by atoms with E-state index in [2.05, 4.69) is 34.5 Å². The summed E-state index contributed by atoms with van der Waals surface area (Å²) in [6, 6.07) is 25.5. The van der Waals surface area contributed by atoms with Crippen molar-refractivity contribution >= 4 is 24.3 Å². The van der Waals surface area contributed by atoms with Crippen molar-refractivity contribution in [2.75, 3.05) is 39.3 Å². The Balaban J connectivity index is 0.926. The van der Waals surface area contributed by atoms with Gasteiger partial charge in [0.2, 0.25) is 0 Å². The van der Waals surface area contributed by atoms with Crippen molar-refractivity contribution in [2.24, 2.45) is 11.8 Å². The second-order valence-corrected chi connectivity index (χ2v) is 13.2.